The van der Waals surface area contributed by atoms with Crippen molar-refractivity contribution in [2.75, 3.05) is 84.1 Å². The first-order chi connectivity index (χ1) is 22.5. The summed E-state index contributed by atoms with van der Waals surface area (Å²) in [6, 6.07) is 13.7. The zero-order chi connectivity index (χ0) is 31.5. The molecule has 0 bridgehead atoms. The van der Waals surface area contributed by atoms with Crippen molar-refractivity contribution < 1.29 is 19.0 Å². The molecule has 0 radical (unpaired) electrons. The zero-order valence-electron chi connectivity index (χ0n) is 27.2. The van der Waals surface area contributed by atoms with Gasteiger partial charge in [-0.15, -0.1) is 0 Å². The Hall–Kier alpha value is -3.57. The molecule has 0 aliphatic carbocycles. The molecule has 4 aliphatic rings. The predicted octanol–water partition coefficient (Wildman–Crippen LogP) is 3.76. The summed E-state index contributed by atoms with van der Waals surface area (Å²) in [4.78, 5) is 31.9. The molecule has 1 amide bonds. The molecule has 46 heavy (non-hydrogen) atoms. The van der Waals surface area contributed by atoms with E-state index in [1.165, 1.54) is 28.3 Å². The van der Waals surface area contributed by atoms with Gasteiger partial charge in [0.05, 0.1) is 31.6 Å². The lowest BCUT2D eigenvalue weighted by atomic mass is 9.92. The number of morpholine rings is 1. The maximum absolute atomic E-state index is 13.0. The monoisotopic (exact) mass is 626 g/mol. The molecule has 10 nitrogen and oxygen atoms in total. The number of aryl methyl sites for hydroxylation is 1. The van der Waals surface area contributed by atoms with Crippen LogP contribution < -0.4 is 9.64 Å². The van der Waals surface area contributed by atoms with Crippen molar-refractivity contribution in [3.05, 3.63) is 70.9 Å². The molecule has 2 atom stereocenters. The van der Waals surface area contributed by atoms with Crippen LogP contribution in [0.1, 0.15) is 41.3 Å². The number of fused-ring (bicyclic) bond motifs is 2. The SMILES string of the molecule is Cc1cccc2cccc(C3Cc4nc(OC[C@@H]5CCCN5C)nc(N5CCN(C(=O)/C=C/CN6CCOCC6)CC5)c4CO3)c12. The van der Waals surface area contributed by atoms with E-state index in [1.807, 2.05) is 11.0 Å². The molecule has 2 aromatic carbocycles. The van der Waals surface area contributed by atoms with E-state index in [0.29, 0.717) is 57.9 Å². The second kappa shape index (κ2) is 14.0. The lowest BCUT2D eigenvalue weighted by Gasteiger charge is -2.37. The number of nitrogens with zero attached hydrogens (tertiary/aromatic N) is 6. The van der Waals surface area contributed by atoms with E-state index in [0.717, 1.165) is 62.9 Å². The summed E-state index contributed by atoms with van der Waals surface area (Å²) in [6.45, 7) is 11.1. The molecular weight excluding hydrogens is 580 g/mol. The molecular formula is C36H46N6O4. The Labute approximate surface area is 271 Å². The van der Waals surface area contributed by atoms with Crippen LogP contribution in [0.2, 0.25) is 0 Å². The number of hydrogen-bond acceptors (Lipinski definition) is 9. The highest BCUT2D eigenvalue weighted by molar-refractivity contribution is 5.89. The Morgan fingerprint density at radius 2 is 1.83 bits per heavy atom. The van der Waals surface area contributed by atoms with Crippen LogP contribution in [0.5, 0.6) is 6.01 Å². The molecule has 3 fully saturated rings. The van der Waals surface area contributed by atoms with Gasteiger partial charge in [0.25, 0.3) is 0 Å². The van der Waals surface area contributed by atoms with Gasteiger partial charge in [0.15, 0.2) is 0 Å². The summed E-state index contributed by atoms with van der Waals surface area (Å²) in [6.07, 6.45) is 6.58. The van der Waals surface area contributed by atoms with Gasteiger partial charge in [-0.2, -0.15) is 9.97 Å². The lowest BCUT2D eigenvalue weighted by molar-refractivity contribution is -0.126. The van der Waals surface area contributed by atoms with Crippen molar-refractivity contribution in [1.82, 2.24) is 24.7 Å². The minimum absolute atomic E-state index is 0.0684. The average molecular weight is 627 g/mol. The number of carbonyl (C=O) groups excluding carboxylic acids is 1. The zero-order valence-corrected chi connectivity index (χ0v) is 27.2. The summed E-state index contributed by atoms with van der Waals surface area (Å²) >= 11 is 0. The van der Waals surface area contributed by atoms with Crippen LogP contribution in [0.15, 0.2) is 48.6 Å². The molecule has 4 aliphatic heterocycles. The first kappa shape index (κ1) is 31.1. The summed E-state index contributed by atoms with van der Waals surface area (Å²) in [7, 11) is 2.16. The smallest absolute Gasteiger partial charge is 0.318 e. The molecule has 1 unspecified atom stereocenters. The van der Waals surface area contributed by atoms with E-state index < -0.39 is 0 Å². The number of hydrogen-bond donors (Lipinski definition) is 0. The van der Waals surface area contributed by atoms with Crippen LogP contribution in [-0.2, 0) is 27.3 Å². The Morgan fingerprint density at radius 3 is 2.61 bits per heavy atom. The molecule has 10 heteroatoms. The van der Waals surface area contributed by atoms with Gasteiger partial charge in [-0.3, -0.25) is 9.69 Å². The minimum atomic E-state index is -0.104. The fraction of sp³-hybridized carbons (Fsp3) is 0.528. The molecule has 3 saturated heterocycles. The fourth-order valence-electron chi connectivity index (χ4n) is 7.28. The van der Waals surface area contributed by atoms with Crippen LogP contribution in [0.4, 0.5) is 5.82 Å². The maximum atomic E-state index is 13.0. The molecule has 1 aromatic heterocycles. The standard InChI is InChI=1S/C36H46N6O4/c1-26-7-3-8-27-9-4-11-29(34(26)27)32-23-31-30(25-45-32)35(38-36(37-31)46-24-28-10-5-13-39(28)2)42-17-15-41(16-18-42)33(43)12-6-14-40-19-21-44-22-20-40/h3-4,6-9,11-12,28,32H,5,10,13-25H2,1-2H3/b12-6+/t28-,32?/m0/s1. The van der Waals surface area contributed by atoms with Gasteiger partial charge in [0.2, 0.25) is 5.91 Å². The number of rotatable bonds is 8. The molecule has 3 aromatic rings. The van der Waals surface area contributed by atoms with E-state index in [9.17, 15) is 4.79 Å². The van der Waals surface area contributed by atoms with E-state index >= 15 is 0 Å². The second-order valence-electron chi connectivity index (χ2n) is 13.0. The van der Waals surface area contributed by atoms with Crippen molar-refractivity contribution in [3.8, 4) is 6.01 Å². The van der Waals surface area contributed by atoms with Crippen LogP contribution in [0.25, 0.3) is 10.8 Å². The molecule has 244 valence electrons. The highest BCUT2D eigenvalue weighted by atomic mass is 16.5. The summed E-state index contributed by atoms with van der Waals surface area (Å²) in [5.74, 6) is 0.946. The third-order valence-electron chi connectivity index (χ3n) is 10.0. The first-order valence-electron chi connectivity index (χ1n) is 16.9. The Balaban J connectivity index is 1.09. The average Bonchev–Trinajstić information content (AvgIpc) is 3.51. The topological polar surface area (TPSA) is 83.5 Å². The van der Waals surface area contributed by atoms with Crippen molar-refractivity contribution in [2.24, 2.45) is 0 Å². The van der Waals surface area contributed by atoms with Crippen molar-refractivity contribution in [2.45, 2.75) is 44.9 Å². The van der Waals surface area contributed by atoms with E-state index in [1.54, 1.807) is 6.08 Å². The Kier molecular flexibility index (Phi) is 9.48. The Bertz CT molecular complexity index is 1560. The number of aromatic nitrogens is 2. The van der Waals surface area contributed by atoms with Crippen LogP contribution >= 0.6 is 0 Å². The van der Waals surface area contributed by atoms with Crippen LogP contribution in [-0.4, -0.2) is 116 Å². The highest BCUT2D eigenvalue weighted by Gasteiger charge is 2.31. The van der Waals surface area contributed by atoms with Crippen LogP contribution in [0, 0.1) is 6.92 Å². The molecule has 7 rings (SSSR count). The van der Waals surface area contributed by atoms with Gasteiger partial charge in [-0.05, 0) is 55.3 Å². The van der Waals surface area contributed by atoms with Gasteiger partial charge >= 0.3 is 6.01 Å². The number of ether oxygens (including phenoxy) is 3. The third kappa shape index (κ3) is 6.76. The molecule has 0 spiro atoms. The van der Waals surface area contributed by atoms with Crippen LogP contribution in [0.3, 0.4) is 0 Å². The number of anilines is 1. The summed E-state index contributed by atoms with van der Waals surface area (Å²) < 4.78 is 18.3. The summed E-state index contributed by atoms with van der Waals surface area (Å²) in [5, 5.41) is 2.48. The van der Waals surface area contributed by atoms with E-state index in [-0.39, 0.29) is 12.0 Å². The van der Waals surface area contributed by atoms with Gasteiger partial charge in [0.1, 0.15) is 12.4 Å². The molecule has 5 heterocycles. The van der Waals surface area contributed by atoms with Gasteiger partial charge in [-0.1, -0.05) is 42.5 Å². The van der Waals surface area contributed by atoms with Crippen molar-refractivity contribution in [3.63, 3.8) is 0 Å². The van der Waals surface area contributed by atoms with Gasteiger partial charge in [-0.25, -0.2) is 0 Å². The lowest BCUT2D eigenvalue weighted by Crippen LogP contribution is -2.49. The molecule has 0 saturated carbocycles. The predicted molar refractivity (Wildman–Crippen MR) is 178 cm³/mol. The summed E-state index contributed by atoms with van der Waals surface area (Å²) in [5.41, 5.74) is 4.47. The largest absolute Gasteiger partial charge is 0.462 e. The third-order valence-corrected chi connectivity index (χ3v) is 10.0. The molecule has 0 N–H and O–H groups in total. The number of likely N-dealkylation sites (tertiary alicyclic amines) is 1. The van der Waals surface area contributed by atoms with Gasteiger partial charge in [0, 0.05) is 69.9 Å². The normalized spacial score (nSPS) is 22.9. The van der Waals surface area contributed by atoms with Crippen molar-refractivity contribution in [1.29, 1.82) is 0 Å². The number of amides is 1. The fourth-order valence-corrected chi connectivity index (χ4v) is 7.28. The van der Waals surface area contributed by atoms with Gasteiger partial charge < -0.3 is 28.9 Å². The number of benzene rings is 2. The maximum Gasteiger partial charge on any atom is 0.318 e. The quantitative estimate of drug-likeness (QED) is 0.347. The number of likely N-dealkylation sites (N-methyl/N-ethyl adjacent to an activating group) is 1. The van der Waals surface area contributed by atoms with E-state index in [4.69, 9.17) is 24.2 Å². The number of carbonyl (C=O) groups is 1. The minimum Gasteiger partial charge on any atom is -0.462 e. The highest BCUT2D eigenvalue weighted by Crippen LogP contribution is 2.38. The first-order valence-corrected chi connectivity index (χ1v) is 16.9. The Morgan fingerprint density at radius 1 is 1.02 bits per heavy atom. The number of piperazine rings is 1. The van der Waals surface area contributed by atoms with E-state index in [2.05, 4.69) is 65.1 Å². The second-order valence-corrected chi connectivity index (χ2v) is 13.0. The van der Waals surface area contributed by atoms with Crippen molar-refractivity contribution >= 4 is 22.5 Å².